The highest BCUT2D eigenvalue weighted by Gasteiger charge is 2.28. The molecule has 0 radical (unpaired) electrons. The van der Waals surface area contributed by atoms with Crippen LogP contribution in [0.15, 0.2) is 24.3 Å². The van der Waals surface area contributed by atoms with Gasteiger partial charge in [-0.15, -0.1) is 0 Å². The molecule has 2 aromatic rings. The van der Waals surface area contributed by atoms with Crippen LogP contribution in [0.1, 0.15) is 31.0 Å². The molecular formula is C21H26N6O2. The fraction of sp³-hybridized carbons (Fsp3) is 0.476. The van der Waals surface area contributed by atoms with E-state index in [1.165, 1.54) is 5.56 Å². The van der Waals surface area contributed by atoms with Gasteiger partial charge in [-0.2, -0.15) is 0 Å². The van der Waals surface area contributed by atoms with Gasteiger partial charge in [-0.25, -0.2) is 14.8 Å². The fourth-order valence-corrected chi connectivity index (χ4v) is 3.84. The zero-order valence-corrected chi connectivity index (χ0v) is 16.6. The number of hydrogen-bond acceptors (Lipinski definition) is 6. The van der Waals surface area contributed by atoms with Gasteiger partial charge in [-0.05, 0) is 44.0 Å². The summed E-state index contributed by atoms with van der Waals surface area (Å²) in [5.41, 5.74) is 3.96. The number of anilines is 2. The second kappa shape index (κ2) is 7.61. The van der Waals surface area contributed by atoms with E-state index in [2.05, 4.69) is 27.8 Å². The molecule has 0 spiro atoms. The lowest BCUT2D eigenvalue weighted by molar-refractivity contribution is 0.0984. The molecule has 2 amide bonds. The van der Waals surface area contributed by atoms with Crippen molar-refractivity contribution in [3.8, 4) is 11.4 Å². The standard InChI is InChI=1S/C21H26N6O2/c1-13-12-29-9-8-27(13)20-17-10-22-11-18(17)25-19(26-20)14-2-4-15(5-3-14)23-21(28)24-16-6-7-16/h2-5,13,16,22H,6-12H2,1H3,(H2,23,24,28). The predicted octanol–water partition coefficient (Wildman–Crippen LogP) is 2.26. The molecule has 1 saturated heterocycles. The predicted molar refractivity (Wildman–Crippen MR) is 111 cm³/mol. The minimum Gasteiger partial charge on any atom is -0.377 e. The number of fused-ring (bicyclic) bond motifs is 1. The molecule has 152 valence electrons. The van der Waals surface area contributed by atoms with Crippen LogP contribution < -0.4 is 20.9 Å². The first kappa shape index (κ1) is 18.3. The maximum absolute atomic E-state index is 11.9. The van der Waals surface area contributed by atoms with Crippen LogP contribution in [0.4, 0.5) is 16.3 Å². The highest BCUT2D eigenvalue weighted by Crippen LogP contribution is 2.30. The Morgan fingerprint density at radius 1 is 1.21 bits per heavy atom. The molecule has 1 aliphatic carbocycles. The van der Waals surface area contributed by atoms with Crippen LogP contribution in [-0.4, -0.2) is 47.8 Å². The molecule has 8 heteroatoms. The van der Waals surface area contributed by atoms with Gasteiger partial charge < -0.3 is 25.6 Å². The summed E-state index contributed by atoms with van der Waals surface area (Å²) >= 11 is 0. The van der Waals surface area contributed by atoms with Crippen molar-refractivity contribution in [2.75, 3.05) is 30.0 Å². The van der Waals surface area contributed by atoms with Gasteiger partial charge in [0.2, 0.25) is 0 Å². The minimum atomic E-state index is -0.149. The Morgan fingerprint density at radius 3 is 2.79 bits per heavy atom. The molecule has 3 N–H and O–H groups in total. The van der Waals surface area contributed by atoms with Crippen molar-refractivity contribution in [3.05, 3.63) is 35.5 Å². The van der Waals surface area contributed by atoms with E-state index >= 15 is 0 Å². The topological polar surface area (TPSA) is 91.4 Å². The number of nitrogens with zero attached hydrogens (tertiary/aromatic N) is 3. The molecule has 3 aliphatic rings. The third kappa shape index (κ3) is 3.90. The van der Waals surface area contributed by atoms with E-state index in [-0.39, 0.29) is 12.1 Å². The van der Waals surface area contributed by atoms with Crippen molar-refractivity contribution >= 4 is 17.5 Å². The van der Waals surface area contributed by atoms with Gasteiger partial charge in [0.25, 0.3) is 0 Å². The first-order valence-corrected chi connectivity index (χ1v) is 10.3. The molecule has 1 aromatic heterocycles. The van der Waals surface area contributed by atoms with Crippen molar-refractivity contribution in [2.45, 2.75) is 44.9 Å². The number of rotatable bonds is 4. The molecule has 5 rings (SSSR count). The van der Waals surface area contributed by atoms with Crippen LogP contribution in [0.5, 0.6) is 0 Å². The Bertz CT molecular complexity index is 912. The second-order valence-corrected chi connectivity index (χ2v) is 7.97. The van der Waals surface area contributed by atoms with Crippen molar-refractivity contribution < 1.29 is 9.53 Å². The lowest BCUT2D eigenvalue weighted by atomic mass is 10.1. The number of aromatic nitrogens is 2. The lowest BCUT2D eigenvalue weighted by Crippen LogP contribution is -2.44. The van der Waals surface area contributed by atoms with Crippen molar-refractivity contribution in [1.82, 2.24) is 20.6 Å². The number of urea groups is 1. The number of amides is 2. The van der Waals surface area contributed by atoms with Gasteiger partial charge in [0.05, 0.1) is 24.9 Å². The van der Waals surface area contributed by atoms with Crippen molar-refractivity contribution in [2.24, 2.45) is 0 Å². The number of carbonyl (C=O) groups is 1. The summed E-state index contributed by atoms with van der Waals surface area (Å²) in [6.45, 7) is 6.00. The Labute approximate surface area is 170 Å². The van der Waals surface area contributed by atoms with Crippen LogP contribution in [0.2, 0.25) is 0 Å². The van der Waals surface area contributed by atoms with Crippen molar-refractivity contribution in [3.63, 3.8) is 0 Å². The molecule has 1 unspecified atom stereocenters. The number of nitrogens with one attached hydrogen (secondary N) is 3. The smallest absolute Gasteiger partial charge is 0.319 e. The third-order valence-electron chi connectivity index (χ3n) is 5.62. The van der Waals surface area contributed by atoms with Gasteiger partial charge in [0, 0.05) is 42.5 Å². The Morgan fingerprint density at radius 2 is 2.03 bits per heavy atom. The van der Waals surface area contributed by atoms with E-state index in [1.54, 1.807) is 0 Å². The zero-order valence-electron chi connectivity index (χ0n) is 16.6. The normalized spacial score (nSPS) is 21.0. The average Bonchev–Trinajstić information content (AvgIpc) is 3.40. The number of ether oxygens (including phenoxy) is 1. The van der Waals surface area contributed by atoms with Crippen molar-refractivity contribution in [1.29, 1.82) is 0 Å². The lowest BCUT2D eigenvalue weighted by Gasteiger charge is -2.35. The molecule has 0 bridgehead atoms. The minimum absolute atomic E-state index is 0.149. The number of hydrogen-bond donors (Lipinski definition) is 3. The molecular weight excluding hydrogens is 368 g/mol. The second-order valence-electron chi connectivity index (χ2n) is 7.97. The molecule has 2 aliphatic heterocycles. The molecule has 2 fully saturated rings. The van der Waals surface area contributed by atoms with E-state index in [0.717, 1.165) is 67.7 Å². The maximum Gasteiger partial charge on any atom is 0.319 e. The summed E-state index contributed by atoms with van der Waals surface area (Å²) in [7, 11) is 0. The highest BCUT2D eigenvalue weighted by molar-refractivity contribution is 5.89. The van der Waals surface area contributed by atoms with Crippen LogP contribution >= 0.6 is 0 Å². The number of benzene rings is 1. The first-order chi connectivity index (χ1) is 14.2. The third-order valence-corrected chi connectivity index (χ3v) is 5.62. The monoisotopic (exact) mass is 394 g/mol. The molecule has 3 heterocycles. The van der Waals surface area contributed by atoms with Gasteiger partial charge in [-0.1, -0.05) is 0 Å². The van der Waals surface area contributed by atoms with E-state index in [1.807, 2.05) is 24.3 Å². The molecule has 1 aromatic carbocycles. The average molecular weight is 394 g/mol. The number of carbonyl (C=O) groups excluding carboxylic acids is 1. The maximum atomic E-state index is 11.9. The van der Waals surface area contributed by atoms with E-state index in [0.29, 0.717) is 12.6 Å². The summed E-state index contributed by atoms with van der Waals surface area (Å²) in [6.07, 6.45) is 2.14. The summed E-state index contributed by atoms with van der Waals surface area (Å²) in [4.78, 5) is 24.0. The molecule has 1 atom stereocenters. The summed E-state index contributed by atoms with van der Waals surface area (Å²) in [5.74, 6) is 1.73. The van der Waals surface area contributed by atoms with Gasteiger partial charge in [0.15, 0.2) is 5.82 Å². The zero-order chi connectivity index (χ0) is 19.8. The Hall–Kier alpha value is -2.71. The van der Waals surface area contributed by atoms with E-state index in [9.17, 15) is 4.79 Å². The first-order valence-electron chi connectivity index (χ1n) is 10.3. The van der Waals surface area contributed by atoms with Gasteiger partial charge in [-0.3, -0.25) is 0 Å². The van der Waals surface area contributed by atoms with Gasteiger partial charge >= 0.3 is 6.03 Å². The molecule has 8 nitrogen and oxygen atoms in total. The summed E-state index contributed by atoms with van der Waals surface area (Å²) in [5, 5.41) is 9.20. The molecule has 1 saturated carbocycles. The van der Waals surface area contributed by atoms with Gasteiger partial charge in [0.1, 0.15) is 5.82 Å². The summed E-state index contributed by atoms with van der Waals surface area (Å²) in [6, 6.07) is 8.19. The quantitative estimate of drug-likeness (QED) is 0.737. The molecule has 29 heavy (non-hydrogen) atoms. The summed E-state index contributed by atoms with van der Waals surface area (Å²) < 4.78 is 5.60. The SMILES string of the molecule is CC1COCCN1c1nc(-c2ccc(NC(=O)NC3CC3)cc2)nc2c1CNC2. The van der Waals surface area contributed by atoms with Crippen LogP contribution in [-0.2, 0) is 17.8 Å². The fourth-order valence-electron chi connectivity index (χ4n) is 3.84. The Balaban J connectivity index is 1.40. The van der Waals surface area contributed by atoms with Crippen LogP contribution in [0.25, 0.3) is 11.4 Å². The van der Waals surface area contributed by atoms with E-state index in [4.69, 9.17) is 14.7 Å². The van der Waals surface area contributed by atoms with Crippen LogP contribution in [0, 0.1) is 0 Å². The van der Waals surface area contributed by atoms with E-state index < -0.39 is 0 Å². The Kier molecular flexibility index (Phi) is 4.81. The largest absolute Gasteiger partial charge is 0.377 e. The van der Waals surface area contributed by atoms with Crippen LogP contribution in [0.3, 0.4) is 0 Å². The number of morpholine rings is 1. The highest BCUT2D eigenvalue weighted by atomic mass is 16.5.